The molecule has 3 N–H and O–H groups in total. The topological polar surface area (TPSA) is 78.4 Å². The third kappa shape index (κ3) is 4.39. The molecular weight excluding hydrogens is 349 g/mol. The summed E-state index contributed by atoms with van der Waals surface area (Å²) >= 11 is 5.53. The lowest BCUT2D eigenvalue weighted by atomic mass is 10.1. The van der Waals surface area contributed by atoms with Crippen LogP contribution < -0.4 is 10.6 Å². The molecule has 9 heteroatoms. The number of nitrogens with one attached hydrogen (secondary N) is 2. The first kappa shape index (κ1) is 17.6. The highest BCUT2D eigenvalue weighted by Crippen LogP contribution is 2.36. The number of hydrogen-bond donors (Lipinski definition) is 3. The van der Waals surface area contributed by atoms with E-state index in [0.29, 0.717) is 6.07 Å². The van der Waals surface area contributed by atoms with Crippen molar-refractivity contribution in [2.45, 2.75) is 6.18 Å². The molecule has 0 bridgehead atoms. The normalized spacial score (nSPS) is 11.0. The summed E-state index contributed by atoms with van der Waals surface area (Å²) in [5, 5.41) is 13.1. The number of phenolic OH excluding ortho intramolecular Hbond substituents is 1. The number of carbonyl (C=O) groups is 2. The van der Waals surface area contributed by atoms with Crippen LogP contribution in [0, 0.1) is 0 Å². The molecule has 0 fully saturated rings. The lowest BCUT2D eigenvalue weighted by molar-refractivity contribution is -0.137. The molecule has 2 aromatic carbocycles. The Labute approximate surface area is 139 Å². The fourth-order valence-electron chi connectivity index (χ4n) is 1.81. The van der Waals surface area contributed by atoms with E-state index >= 15 is 0 Å². The van der Waals surface area contributed by atoms with Crippen LogP contribution in [0.5, 0.6) is 5.75 Å². The maximum atomic E-state index is 12.9. The molecule has 126 valence electrons. The molecule has 0 unspecified atom stereocenters. The van der Waals surface area contributed by atoms with E-state index < -0.39 is 29.2 Å². The smallest absolute Gasteiger partial charge is 0.418 e. The van der Waals surface area contributed by atoms with Crippen LogP contribution in [0.2, 0.25) is 5.02 Å². The van der Waals surface area contributed by atoms with Crippen LogP contribution >= 0.6 is 11.6 Å². The molecular formula is C15H10ClF3N2O3. The van der Waals surface area contributed by atoms with Crippen molar-refractivity contribution < 1.29 is 27.9 Å². The SMILES string of the molecule is O=C(Nc1cccc(O)c1)C(=O)Nc1ccc(Cl)cc1C(F)(F)F. The quantitative estimate of drug-likeness (QED) is 0.717. The second kappa shape index (κ2) is 6.79. The molecule has 0 atom stereocenters. The maximum Gasteiger partial charge on any atom is 0.418 e. The maximum absolute atomic E-state index is 12.9. The van der Waals surface area contributed by atoms with Gasteiger partial charge >= 0.3 is 18.0 Å². The van der Waals surface area contributed by atoms with Crippen LogP contribution in [0.3, 0.4) is 0 Å². The molecule has 0 aliphatic rings. The van der Waals surface area contributed by atoms with Gasteiger partial charge in [0.2, 0.25) is 0 Å². The first-order valence-corrected chi connectivity index (χ1v) is 6.83. The highest BCUT2D eigenvalue weighted by molar-refractivity contribution is 6.43. The number of alkyl halides is 3. The highest BCUT2D eigenvalue weighted by Gasteiger charge is 2.34. The Morgan fingerprint density at radius 1 is 1.00 bits per heavy atom. The second-order valence-corrected chi connectivity index (χ2v) is 5.08. The molecule has 2 amide bonds. The average Bonchev–Trinajstić information content (AvgIpc) is 2.48. The van der Waals surface area contributed by atoms with Gasteiger partial charge in [0.25, 0.3) is 0 Å². The van der Waals surface area contributed by atoms with Crippen molar-refractivity contribution in [2.24, 2.45) is 0 Å². The Kier molecular flexibility index (Phi) is 4.99. The highest BCUT2D eigenvalue weighted by atomic mass is 35.5. The van der Waals surface area contributed by atoms with Gasteiger partial charge in [-0.25, -0.2) is 0 Å². The molecule has 5 nitrogen and oxygen atoms in total. The van der Waals surface area contributed by atoms with Crippen LogP contribution in [0.1, 0.15) is 5.56 Å². The van der Waals surface area contributed by atoms with Gasteiger partial charge in [0.1, 0.15) is 5.75 Å². The van der Waals surface area contributed by atoms with Gasteiger partial charge in [0, 0.05) is 16.8 Å². The standard InChI is InChI=1S/C15H10ClF3N2O3/c16-8-4-5-12(11(6-8)15(17,18)19)21-14(24)13(23)20-9-2-1-3-10(22)7-9/h1-7,22H,(H,20,23)(H,21,24). The van der Waals surface area contributed by atoms with Gasteiger partial charge in [-0.2, -0.15) is 13.2 Å². The minimum atomic E-state index is -4.75. The first-order chi connectivity index (χ1) is 11.2. The van der Waals surface area contributed by atoms with Crippen molar-refractivity contribution in [2.75, 3.05) is 10.6 Å². The number of phenols is 1. The summed E-state index contributed by atoms with van der Waals surface area (Å²) in [5.74, 6) is -2.64. The van der Waals surface area contributed by atoms with E-state index in [1.807, 2.05) is 5.32 Å². The zero-order valence-corrected chi connectivity index (χ0v) is 12.6. The van der Waals surface area contributed by atoms with Crippen LogP contribution in [0.25, 0.3) is 0 Å². The Hall–Kier alpha value is -2.74. The fourth-order valence-corrected chi connectivity index (χ4v) is 1.98. The van der Waals surface area contributed by atoms with E-state index in [0.717, 1.165) is 12.1 Å². The first-order valence-electron chi connectivity index (χ1n) is 6.45. The molecule has 0 saturated heterocycles. The van der Waals surface area contributed by atoms with Gasteiger partial charge in [-0.3, -0.25) is 9.59 Å². The van der Waals surface area contributed by atoms with Gasteiger partial charge in [-0.05, 0) is 30.3 Å². The van der Waals surface area contributed by atoms with Crippen molar-refractivity contribution in [3.8, 4) is 5.75 Å². The van der Waals surface area contributed by atoms with E-state index in [1.54, 1.807) is 0 Å². The summed E-state index contributed by atoms with van der Waals surface area (Å²) in [7, 11) is 0. The number of carbonyl (C=O) groups excluding carboxylic acids is 2. The summed E-state index contributed by atoms with van der Waals surface area (Å²) in [6.45, 7) is 0. The largest absolute Gasteiger partial charge is 0.508 e. The van der Waals surface area contributed by atoms with Crippen LogP contribution in [-0.4, -0.2) is 16.9 Å². The number of halogens is 4. The van der Waals surface area contributed by atoms with E-state index in [4.69, 9.17) is 11.6 Å². The van der Waals surface area contributed by atoms with Crippen LogP contribution in [0.15, 0.2) is 42.5 Å². The number of amides is 2. The molecule has 24 heavy (non-hydrogen) atoms. The van der Waals surface area contributed by atoms with Gasteiger partial charge in [-0.1, -0.05) is 17.7 Å². The van der Waals surface area contributed by atoms with Gasteiger partial charge < -0.3 is 15.7 Å². The average molecular weight is 359 g/mol. The van der Waals surface area contributed by atoms with Crippen LogP contribution in [-0.2, 0) is 15.8 Å². The number of hydrogen-bond acceptors (Lipinski definition) is 3. The van der Waals surface area contributed by atoms with Gasteiger partial charge in [-0.15, -0.1) is 0 Å². The van der Waals surface area contributed by atoms with E-state index in [1.165, 1.54) is 24.3 Å². The minimum Gasteiger partial charge on any atom is -0.508 e. The second-order valence-electron chi connectivity index (χ2n) is 4.65. The van der Waals surface area contributed by atoms with Gasteiger partial charge in [0.15, 0.2) is 0 Å². The minimum absolute atomic E-state index is 0.113. The summed E-state index contributed by atoms with van der Waals surface area (Å²) in [4.78, 5) is 23.5. The molecule has 0 saturated carbocycles. The summed E-state index contributed by atoms with van der Waals surface area (Å²) < 4.78 is 38.8. The lowest BCUT2D eigenvalue weighted by Crippen LogP contribution is -2.30. The number of benzene rings is 2. The van der Waals surface area contributed by atoms with Gasteiger partial charge in [0.05, 0.1) is 11.3 Å². The molecule has 0 aliphatic heterocycles. The van der Waals surface area contributed by atoms with Crippen molar-refractivity contribution >= 4 is 34.8 Å². The van der Waals surface area contributed by atoms with Crippen molar-refractivity contribution in [3.63, 3.8) is 0 Å². The molecule has 0 aliphatic carbocycles. The summed E-state index contributed by atoms with van der Waals surface area (Å²) in [6, 6.07) is 8.08. The molecule has 0 heterocycles. The Balaban J connectivity index is 2.16. The molecule has 0 radical (unpaired) electrons. The molecule has 2 aromatic rings. The van der Waals surface area contributed by atoms with E-state index in [2.05, 4.69) is 5.32 Å². The fraction of sp³-hybridized carbons (Fsp3) is 0.0667. The van der Waals surface area contributed by atoms with E-state index in [-0.39, 0.29) is 16.5 Å². The number of aromatic hydroxyl groups is 1. The molecule has 0 aromatic heterocycles. The predicted octanol–water partition coefficient (Wildman–Crippen LogP) is 3.64. The zero-order valence-electron chi connectivity index (χ0n) is 11.8. The van der Waals surface area contributed by atoms with Crippen molar-refractivity contribution in [3.05, 3.63) is 53.1 Å². The molecule has 0 spiro atoms. The number of anilines is 2. The third-order valence-electron chi connectivity index (χ3n) is 2.85. The van der Waals surface area contributed by atoms with Crippen molar-refractivity contribution in [1.82, 2.24) is 0 Å². The third-order valence-corrected chi connectivity index (χ3v) is 3.08. The van der Waals surface area contributed by atoms with Crippen molar-refractivity contribution in [1.29, 1.82) is 0 Å². The lowest BCUT2D eigenvalue weighted by Gasteiger charge is -2.14. The monoisotopic (exact) mass is 358 g/mol. The zero-order chi connectivity index (χ0) is 17.9. The number of rotatable bonds is 2. The summed E-state index contributed by atoms with van der Waals surface area (Å²) in [5.41, 5.74) is -1.65. The van der Waals surface area contributed by atoms with E-state index in [9.17, 15) is 27.9 Å². The molecule has 2 rings (SSSR count). The Morgan fingerprint density at radius 3 is 2.29 bits per heavy atom. The Morgan fingerprint density at radius 2 is 1.67 bits per heavy atom. The van der Waals surface area contributed by atoms with Crippen LogP contribution in [0.4, 0.5) is 24.5 Å². The predicted molar refractivity (Wildman–Crippen MR) is 81.8 cm³/mol. The Bertz CT molecular complexity index is 794. The summed E-state index contributed by atoms with van der Waals surface area (Å²) in [6.07, 6.45) is -4.75.